The molecule has 0 bridgehead atoms. The highest BCUT2D eigenvalue weighted by Crippen LogP contribution is 2.32. The molecule has 3 N–H and O–H groups in total. The molecule has 0 spiro atoms. The van der Waals surface area contributed by atoms with Gasteiger partial charge in [-0.2, -0.15) is 5.10 Å². The molecule has 0 aliphatic carbocycles. The second-order valence-corrected chi connectivity index (χ2v) is 7.16. The van der Waals surface area contributed by atoms with Crippen LogP contribution in [0.5, 0.6) is 5.75 Å². The average molecular weight is 420 g/mol. The Morgan fingerprint density at radius 2 is 1.87 bits per heavy atom. The number of urea groups is 1. The standard InChI is InChI=1S/C20H19F3N4O3/c21-13-5-12(6-14(22)8-13)17-3-4-25-27(17)20(29)26-9-15(10-26)30-18-7-11(19(24)28)1-2-16(18)23/h1-2,4-8,15,17,19,28H,3,9-10,24H2/t17-,19?/m0/s1. The zero-order valence-electron chi connectivity index (χ0n) is 15.7. The quantitative estimate of drug-likeness (QED) is 0.744. The maximum Gasteiger partial charge on any atom is 0.341 e. The van der Waals surface area contributed by atoms with E-state index in [9.17, 15) is 23.1 Å². The molecule has 158 valence electrons. The lowest BCUT2D eigenvalue weighted by molar-refractivity contribution is 0.0255. The SMILES string of the molecule is NC(O)c1ccc(F)c(OC2CN(C(=O)N3N=CC[C@H]3c3cc(F)cc(F)c3)C2)c1. The molecule has 1 unspecified atom stereocenters. The minimum absolute atomic E-state index is 0.0681. The summed E-state index contributed by atoms with van der Waals surface area (Å²) in [6.45, 7) is 0.369. The maximum atomic E-state index is 13.9. The number of amides is 2. The topological polar surface area (TPSA) is 91.4 Å². The van der Waals surface area contributed by atoms with E-state index in [0.717, 1.165) is 12.1 Å². The number of carbonyl (C=O) groups is 1. The highest BCUT2D eigenvalue weighted by molar-refractivity contribution is 5.79. The number of likely N-dealkylation sites (tertiary alicyclic amines) is 1. The molecule has 7 nitrogen and oxygen atoms in total. The average Bonchev–Trinajstić information content (AvgIpc) is 3.14. The molecule has 2 aliphatic heterocycles. The van der Waals surface area contributed by atoms with Crippen molar-refractivity contribution in [2.45, 2.75) is 24.8 Å². The lowest BCUT2D eigenvalue weighted by atomic mass is 10.0. The monoisotopic (exact) mass is 420 g/mol. The van der Waals surface area contributed by atoms with Gasteiger partial charge in [0.05, 0.1) is 19.1 Å². The van der Waals surface area contributed by atoms with Crippen molar-refractivity contribution in [3.63, 3.8) is 0 Å². The van der Waals surface area contributed by atoms with Gasteiger partial charge in [0.2, 0.25) is 0 Å². The molecular weight excluding hydrogens is 401 g/mol. The van der Waals surface area contributed by atoms with Crippen LogP contribution in [0.3, 0.4) is 0 Å². The molecular formula is C20H19F3N4O3. The van der Waals surface area contributed by atoms with E-state index in [2.05, 4.69) is 5.10 Å². The number of carbonyl (C=O) groups excluding carboxylic acids is 1. The largest absolute Gasteiger partial charge is 0.484 e. The number of aliphatic hydroxyl groups is 1. The molecule has 30 heavy (non-hydrogen) atoms. The minimum atomic E-state index is -1.26. The van der Waals surface area contributed by atoms with Gasteiger partial charge in [-0.3, -0.25) is 0 Å². The van der Waals surface area contributed by atoms with E-state index in [-0.39, 0.29) is 18.8 Å². The molecule has 2 aromatic carbocycles. The van der Waals surface area contributed by atoms with Crippen LogP contribution in [0.4, 0.5) is 18.0 Å². The van der Waals surface area contributed by atoms with Crippen LogP contribution in [0, 0.1) is 17.5 Å². The molecule has 10 heteroatoms. The number of nitrogens with zero attached hydrogens (tertiary/aromatic N) is 3. The van der Waals surface area contributed by atoms with Crippen LogP contribution < -0.4 is 10.5 Å². The van der Waals surface area contributed by atoms with E-state index in [1.807, 2.05) is 0 Å². The van der Waals surface area contributed by atoms with Crippen LogP contribution in [0.1, 0.15) is 29.8 Å². The summed E-state index contributed by atoms with van der Waals surface area (Å²) in [6.07, 6.45) is 0.135. The number of benzene rings is 2. The zero-order chi connectivity index (χ0) is 21.4. The summed E-state index contributed by atoms with van der Waals surface area (Å²) in [5.41, 5.74) is 5.99. The number of hydrogen-bond acceptors (Lipinski definition) is 5. The Morgan fingerprint density at radius 3 is 2.53 bits per heavy atom. The van der Waals surface area contributed by atoms with Crippen molar-refractivity contribution in [1.82, 2.24) is 9.91 Å². The normalized spacial score (nSPS) is 19.7. The molecule has 2 aliphatic rings. The molecule has 2 aromatic rings. The van der Waals surface area contributed by atoms with Gasteiger partial charge >= 0.3 is 6.03 Å². The van der Waals surface area contributed by atoms with Crippen molar-refractivity contribution in [1.29, 1.82) is 0 Å². The van der Waals surface area contributed by atoms with Crippen molar-refractivity contribution in [2.24, 2.45) is 10.8 Å². The molecule has 2 heterocycles. The molecule has 2 atom stereocenters. The molecule has 1 fully saturated rings. The van der Waals surface area contributed by atoms with E-state index >= 15 is 0 Å². The number of aliphatic hydroxyl groups excluding tert-OH is 1. The summed E-state index contributed by atoms with van der Waals surface area (Å²) in [4.78, 5) is 14.2. The maximum absolute atomic E-state index is 13.9. The number of hydrogen-bond donors (Lipinski definition) is 2. The molecule has 0 saturated carbocycles. The highest BCUT2D eigenvalue weighted by Gasteiger charge is 2.39. The summed E-state index contributed by atoms with van der Waals surface area (Å²) in [5, 5.41) is 14.6. The van der Waals surface area contributed by atoms with Gasteiger partial charge in [0.15, 0.2) is 11.6 Å². The van der Waals surface area contributed by atoms with Gasteiger partial charge < -0.3 is 20.5 Å². The third-order valence-electron chi connectivity index (χ3n) is 5.00. The second-order valence-electron chi connectivity index (χ2n) is 7.16. The van der Waals surface area contributed by atoms with Crippen LogP contribution in [-0.2, 0) is 0 Å². The summed E-state index contributed by atoms with van der Waals surface area (Å²) >= 11 is 0. The molecule has 4 rings (SSSR count). The lowest BCUT2D eigenvalue weighted by Gasteiger charge is -2.41. The van der Waals surface area contributed by atoms with Gasteiger partial charge in [-0.25, -0.2) is 23.0 Å². The van der Waals surface area contributed by atoms with Gasteiger partial charge in [0.1, 0.15) is 24.0 Å². The Kier molecular flexibility index (Phi) is 5.35. The number of hydrazone groups is 1. The predicted octanol–water partition coefficient (Wildman–Crippen LogP) is 2.67. The predicted molar refractivity (Wildman–Crippen MR) is 101 cm³/mol. The highest BCUT2D eigenvalue weighted by atomic mass is 19.1. The van der Waals surface area contributed by atoms with Crippen LogP contribution >= 0.6 is 0 Å². The second kappa shape index (κ2) is 7.96. The zero-order valence-corrected chi connectivity index (χ0v) is 15.7. The van der Waals surface area contributed by atoms with E-state index in [4.69, 9.17) is 10.5 Å². The first kappa shape index (κ1) is 20.2. The lowest BCUT2D eigenvalue weighted by Crippen LogP contribution is -2.58. The Labute approximate surface area is 170 Å². The van der Waals surface area contributed by atoms with Gasteiger partial charge in [-0.15, -0.1) is 0 Å². The van der Waals surface area contributed by atoms with Gasteiger partial charge in [-0.05, 0) is 35.4 Å². The molecule has 0 radical (unpaired) electrons. The van der Waals surface area contributed by atoms with Gasteiger partial charge in [-0.1, -0.05) is 6.07 Å². The number of rotatable bonds is 4. The Bertz CT molecular complexity index is 975. The summed E-state index contributed by atoms with van der Waals surface area (Å²) in [6, 6.07) is 5.87. The minimum Gasteiger partial charge on any atom is -0.484 e. The van der Waals surface area contributed by atoms with Crippen LogP contribution in [0.2, 0.25) is 0 Å². The number of nitrogens with two attached hydrogens (primary N) is 1. The fraction of sp³-hybridized carbons (Fsp3) is 0.300. The van der Waals surface area contributed by atoms with E-state index in [1.54, 1.807) is 0 Å². The van der Waals surface area contributed by atoms with E-state index in [1.165, 1.54) is 40.4 Å². The number of halogens is 3. The number of ether oxygens (including phenoxy) is 1. The summed E-state index contributed by atoms with van der Waals surface area (Å²) in [7, 11) is 0. The van der Waals surface area contributed by atoms with Crippen molar-refractivity contribution >= 4 is 12.2 Å². The first-order chi connectivity index (χ1) is 14.3. The van der Waals surface area contributed by atoms with Crippen molar-refractivity contribution in [3.8, 4) is 5.75 Å². The molecule has 2 amide bonds. The molecule has 1 saturated heterocycles. The van der Waals surface area contributed by atoms with E-state index in [0.29, 0.717) is 17.5 Å². The summed E-state index contributed by atoms with van der Waals surface area (Å²) in [5.74, 6) is -2.13. The van der Waals surface area contributed by atoms with Crippen LogP contribution in [0.25, 0.3) is 0 Å². The third kappa shape index (κ3) is 3.96. The van der Waals surface area contributed by atoms with Crippen molar-refractivity contribution in [2.75, 3.05) is 13.1 Å². The van der Waals surface area contributed by atoms with Gasteiger partial charge in [0.25, 0.3) is 0 Å². The Morgan fingerprint density at radius 1 is 1.17 bits per heavy atom. The first-order valence-corrected chi connectivity index (χ1v) is 9.28. The fourth-order valence-corrected chi connectivity index (χ4v) is 3.43. The van der Waals surface area contributed by atoms with Crippen LogP contribution in [-0.4, -0.2) is 46.5 Å². The van der Waals surface area contributed by atoms with E-state index < -0.39 is 41.9 Å². The van der Waals surface area contributed by atoms with Crippen molar-refractivity contribution < 1.29 is 27.8 Å². The third-order valence-corrected chi connectivity index (χ3v) is 5.00. The van der Waals surface area contributed by atoms with Crippen molar-refractivity contribution in [3.05, 3.63) is 65.0 Å². The summed E-state index contributed by atoms with van der Waals surface area (Å²) < 4.78 is 46.6. The van der Waals surface area contributed by atoms with Gasteiger partial charge in [0, 0.05) is 18.7 Å². The molecule has 0 aromatic heterocycles. The fourth-order valence-electron chi connectivity index (χ4n) is 3.43. The Balaban J connectivity index is 1.39. The van der Waals surface area contributed by atoms with Crippen LogP contribution in [0.15, 0.2) is 41.5 Å². The smallest absolute Gasteiger partial charge is 0.341 e. The first-order valence-electron chi connectivity index (χ1n) is 9.28. The Hall–Kier alpha value is -3.11.